The molecule has 1 aliphatic rings. The van der Waals surface area contributed by atoms with E-state index in [0.717, 1.165) is 32.4 Å². The van der Waals surface area contributed by atoms with Gasteiger partial charge in [-0.1, -0.05) is 37.3 Å². The highest BCUT2D eigenvalue weighted by Gasteiger charge is 2.27. The van der Waals surface area contributed by atoms with Crippen molar-refractivity contribution >= 4 is 5.91 Å². The summed E-state index contributed by atoms with van der Waals surface area (Å²) in [5.41, 5.74) is 1.43. The first kappa shape index (κ1) is 17.0. The molecule has 1 fully saturated rings. The lowest BCUT2D eigenvalue weighted by Gasteiger charge is -2.29. The first-order valence-corrected chi connectivity index (χ1v) is 8.87. The Hall–Kier alpha value is -1.35. The first-order valence-electron chi connectivity index (χ1n) is 8.87. The van der Waals surface area contributed by atoms with Crippen LogP contribution in [0.5, 0.6) is 0 Å². The minimum absolute atomic E-state index is 0.242. The fourth-order valence-corrected chi connectivity index (χ4v) is 3.19. The van der Waals surface area contributed by atoms with Crippen molar-refractivity contribution in [3.8, 4) is 0 Å². The number of aryl methyl sites for hydroxylation is 1. The van der Waals surface area contributed by atoms with Crippen LogP contribution in [0.3, 0.4) is 0 Å². The molecule has 2 N–H and O–H groups in total. The van der Waals surface area contributed by atoms with Crippen LogP contribution in [0.15, 0.2) is 30.3 Å². The van der Waals surface area contributed by atoms with Gasteiger partial charge in [0.2, 0.25) is 5.91 Å². The second-order valence-electron chi connectivity index (χ2n) is 6.68. The Morgan fingerprint density at radius 2 is 1.95 bits per heavy atom. The minimum Gasteiger partial charge on any atom is -0.353 e. The molecule has 22 heavy (non-hydrogen) atoms. The summed E-state index contributed by atoms with van der Waals surface area (Å²) < 4.78 is 0. The lowest BCUT2D eigenvalue weighted by atomic mass is 9.95. The molecule has 1 aliphatic heterocycles. The van der Waals surface area contributed by atoms with Gasteiger partial charge in [-0.15, -0.1) is 0 Å². The summed E-state index contributed by atoms with van der Waals surface area (Å²) >= 11 is 0. The molecule has 3 heteroatoms. The molecule has 1 amide bonds. The molecule has 0 unspecified atom stereocenters. The normalized spacial score (nSPS) is 23.0. The zero-order chi connectivity index (χ0) is 15.8. The summed E-state index contributed by atoms with van der Waals surface area (Å²) in [7, 11) is 0. The van der Waals surface area contributed by atoms with E-state index in [1.807, 2.05) is 0 Å². The smallest absolute Gasteiger partial charge is 0.223 e. The molecule has 0 spiro atoms. The lowest BCUT2D eigenvalue weighted by Crippen LogP contribution is -3.13. The van der Waals surface area contributed by atoms with E-state index >= 15 is 0 Å². The van der Waals surface area contributed by atoms with Crippen molar-refractivity contribution in [2.24, 2.45) is 5.92 Å². The number of hydrogen-bond donors (Lipinski definition) is 2. The van der Waals surface area contributed by atoms with Gasteiger partial charge in [-0.05, 0) is 25.3 Å². The average Bonchev–Trinajstić information content (AvgIpc) is 2.56. The van der Waals surface area contributed by atoms with Crippen LogP contribution in [0, 0.1) is 5.92 Å². The predicted octanol–water partition coefficient (Wildman–Crippen LogP) is 1.83. The van der Waals surface area contributed by atoms with Crippen LogP contribution in [-0.2, 0) is 11.2 Å². The number of likely N-dealkylation sites (tertiary alicyclic amines) is 1. The molecule has 122 valence electrons. The summed E-state index contributed by atoms with van der Waals surface area (Å²) in [6.07, 6.45) is 5.51. The van der Waals surface area contributed by atoms with Crippen molar-refractivity contribution in [1.82, 2.24) is 5.32 Å². The molecule has 1 aromatic rings. The van der Waals surface area contributed by atoms with Gasteiger partial charge < -0.3 is 10.2 Å². The Morgan fingerprint density at radius 3 is 2.59 bits per heavy atom. The van der Waals surface area contributed by atoms with Crippen molar-refractivity contribution in [1.29, 1.82) is 0 Å². The zero-order valence-electron chi connectivity index (χ0n) is 14.1. The summed E-state index contributed by atoms with van der Waals surface area (Å²) in [6.45, 7) is 7.72. The van der Waals surface area contributed by atoms with Crippen LogP contribution in [0.2, 0.25) is 0 Å². The Morgan fingerprint density at radius 1 is 1.27 bits per heavy atom. The maximum Gasteiger partial charge on any atom is 0.223 e. The van der Waals surface area contributed by atoms with Crippen LogP contribution < -0.4 is 10.2 Å². The molecule has 0 bridgehead atoms. The third-order valence-corrected chi connectivity index (χ3v) is 4.90. The number of carbonyl (C=O) groups is 1. The Kier molecular flexibility index (Phi) is 6.91. The molecule has 1 saturated heterocycles. The molecule has 3 nitrogen and oxygen atoms in total. The van der Waals surface area contributed by atoms with Gasteiger partial charge in [0, 0.05) is 31.2 Å². The zero-order valence-corrected chi connectivity index (χ0v) is 14.1. The van der Waals surface area contributed by atoms with Crippen molar-refractivity contribution in [3.63, 3.8) is 0 Å². The standard InChI is InChI=1S/C19H30N2O/c1-3-16(2)20-19(22)18-11-14-21(15-12-18)13-7-10-17-8-5-4-6-9-17/h4-6,8-9,16,18H,3,7,10-15H2,1-2H3,(H,20,22)/p+1/t16-/m0/s1. The maximum atomic E-state index is 12.2. The van der Waals surface area contributed by atoms with Gasteiger partial charge in [0.15, 0.2) is 0 Å². The van der Waals surface area contributed by atoms with Gasteiger partial charge in [-0.2, -0.15) is 0 Å². The van der Waals surface area contributed by atoms with Crippen LogP contribution in [-0.4, -0.2) is 31.6 Å². The fraction of sp³-hybridized carbons (Fsp3) is 0.632. The quantitative estimate of drug-likeness (QED) is 0.792. The predicted molar refractivity (Wildman–Crippen MR) is 90.9 cm³/mol. The highest BCUT2D eigenvalue weighted by atomic mass is 16.1. The number of quaternary nitrogens is 1. The highest BCUT2D eigenvalue weighted by Crippen LogP contribution is 2.10. The van der Waals surface area contributed by atoms with Crippen molar-refractivity contribution < 1.29 is 9.69 Å². The third-order valence-electron chi connectivity index (χ3n) is 4.90. The SMILES string of the molecule is CC[C@H](C)NC(=O)C1CC[NH+](CCCc2ccccc2)CC1. The Labute approximate surface area is 135 Å². The van der Waals surface area contributed by atoms with E-state index in [9.17, 15) is 4.79 Å². The van der Waals surface area contributed by atoms with Gasteiger partial charge >= 0.3 is 0 Å². The maximum absolute atomic E-state index is 12.2. The van der Waals surface area contributed by atoms with E-state index in [1.54, 1.807) is 4.90 Å². The number of rotatable bonds is 7. The molecule has 0 saturated carbocycles. The summed E-state index contributed by atoms with van der Waals surface area (Å²) in [5.74, 6) is 0.518. The van der Waals surface area contributed by atoms with Gasteiger partial charge in [0.25, 0.3) is 0 Å². The van der Waals surface area contributed by atoms with Gasteiger partial charge in [-0.25, -0.2) is 0 Å². The molecular formula is C19H31N2O+. The number of benzene rings is 1. The Balaban J connectivity index is 1.64. The minimum atomic E-state index is 0.242. The van der Waals surface area contributed by atoms with E-state index in [4.69, 9.17) is 0 Å². The van der Waals surface area contributed by atoms with Crippen molar-refractivity contribution in [2.75, 3.05) is 19.6 Å². The van der Waals surface area contributed by atoms with E-state index < -0.39 is 0 Å². The van der Waals surface area contributed by atoms with Crippen LogP contribution in [0.1, 0.15) is 45.1 Å². The van der Waals surface area contributed by atoms with Crippen LogP contribution in [0.4, 0.5) is 0 Å². The molecule has 0 aliphatic carbocycles. The second kappa shape index (κ2) is 8.94. The number of nitrogens with one attached hydrogen (secondary N) is 2. The van der Waals surface area contributed by atoms with Crippen LogP contribution >= 0.6 is 0 Å². The van der Waals surface area contributed by atoms with Gasteiger partial charge in [0.1, 0.15) is 0 Å². The summed E-state index contributed by atoms with van der Waals surface area (Å²) in [4.78, 5) is 13.8. The van der Waals surface area contributed by atoms with Crippen molar-refractivity contribution in [3.05, 3.63) is 35.9 Å². The van der Waals surface area contributed by atoms with Crippen molar-refractivity contribution in [2.45, 2.75) is 52.0 Å². The Bertz CT molecular complexity index is 438. The van der Waals surface area contributed by atoms with Gasteiger partial charge in [0.05, 0.1) is 19.6 Å². The molecule has 1 aromatic carbocycles. The number of amides is 1. The monoisotopic (exact) mass is 303 g/mol. The molecule has 0 aromatic heterocycles. The molecular weight excluding hydrogens is 272 g/mol. The van der Waals surface area contributed by atoms with E-state index in [1.165, 1.54) is 24.9 Å². The number of piperidine rings is 1. The largest absolute Gasteiger partial charge is 0.353 e. The first-order chi connectivity index (χ1) is 10.7. The molecule has 1 atom stereocenters. The fourth-order valence-electron chi connectivity index (χ4n) is 3.19. The topological polar surface area (TPSA) is 33.5 Å². The van der Waals surface area contributed by atoms with E-state index in [-0.39, 0.29) is 11.8 Å². The second-order valence-corrected chi connectivity index (χ2v) is 6.68. The average molecular weight is 303 g/mol. The molecule has 2 rings (SSSR count). The van der Waals surface area contributed by atoms with E-state index in [0.29, 0.717) is 6.04 Å². The summed E-state index contributed by atoms with van der Waals surface area (Å²) in [6, 6.07) is 11.0. The molecule has 1 heterocycles. The lowest BCUT2D eigenvalue weighted by molar-refractivity contribution is -0.906. The van der Waals surface area contributed by atoms with Gasteiger partial charge in [-0.3, -0.25) is 4.79 Å². The number of hydrogen-bond acceptors (Lipinski definition) is 1. The highest BCUT2D eigenvalue weighted by molar-refractivity contribution is 5.78. The van der Waals surface area contributed by atoms with Crippen LogP contribution in [0.25, 0.3) is 0 Å². The summed E-state index contributed by atoms with van der Waals surface area (Å²) in [5, 5.41) is 3.13. The number of carbonyl (C=O) groups excluding carboxylic acids is 1. The molecule has 0 radical (unpaired) electrons. The van der Waals surface area contributed by atoms with E-state index in [2.05, 4.69) is 49.5 Å². The third kappa shape index (κ3) is 5.45.